The summed E-state index contributed by atoms with van der Waals surface area (Å²) < 4.78 is 24.3. The smallest absolute Gasteiger partial charge is 0.212 e. The van der Waals surface area contributed by atoms with E-state index in [1.165, 1.54) is 9.49 Å². The van der Waals surface area contributed by atoms with Crippen molar-refractivity contribution in [2.24, 2.45) is 0 Å². The van der Waals surface area contributed by atoms with E-state index in [0.29, 0.717) is 18.8 Å². The van der Waals surface area contributed by atoms with E-state index in [2.05, 4.69) is 43.9 Å². The van der Waals surface area contributed by atoms with Crippen LogP contribution in [-0.2, 0) is 16.6 Å². The van der Waals surface area contributed by atoms with Crippen LogP contribution in [0, 0.1) is 0 Å². The Labute approximate surface area is 105 Å². The molecule has 1 aromatic carbocycles. The molecule has 0 bridgehead atoms. The zero-order chi connectivity index (χ0) is 12.7. The third-order valence-corrected chi connectivity index (χ3v) is 7.03. The van der Waals surface area contributed by atoms with Gasteiger partial charge in [0, 0.05) is 13.1 Å². The van der Waals surface area contributed by atoms with Crippen molar-refractivity contribution in [2.75, 3.05) is 12.3 Å². The average Bonchev–Trinajstić information content (AvgIpc) is 2.24. The van der Waals surface area contributed by atoms with Crippen LogP contribution in [0.4, 0.5) is 0 Å². The number of hydrogen-bond donors (Lipinski definition) is 0. The van der Waals surface area contributed by atoms with Gasteiger partial charge in [-0.25, -0.2) is 8.42 Å². The van der Waals surface area contributed by atoms with E-state index in [4.69, 9.17) is 0 Å². The fourth-order valence-corrected chi connectivity index (χ4v) is 4.11. The largest absolute Gasteiger partial charge is 0.215 e. The molecule has 17 heavy (non-hydrogen) atoms. The normalized spacial score (nSPS) is 19.9. The number of benzene rings is 1. The van der Waals surface area contributed by atoms with Gasteiger partial charge in [0.1, 0.15) is 0 Å². The van der Waals surface area contributed by atoms with Gasteiger partial charge < -0.3 is 0 Å². The van der Waals surface area contributed by atoms with Gasteiger partial charge in [0.2, 0.25) is 10.0 Å². The van der Waals surface area contributed by atoms with Crippen LogP contribution in [0.2, 0.25) is 19.6 Å². The van der Waals surface area contributed by atoms with E-state index in [9.17, 15) is 8.42 Å². The Hall–Kier alpha value is -0.653. The fraction of sp³-hybridized carbons (Fsp3) is 0.500. The number of hydrogen-bond acceptors (Lipinski definition) is 2. The molecule has 0 unspecified atom stereocenters. The molecule has 0 atom stereocenters. The summed E-state index contributed by atoms with van der Waals surface area (Å²) >= 11 is 0. The second-order valence-electron chi connectivity index (χ2n) is 5.60. The minimum atomic E-state index is -2.92. The summed E-state index contributed by atoms with van der Waals surface area (Å²) in [4.78, 5) is 0. The minimum absolute atomic E-state index is 0.306. The predicted molar refractivity (Wildman–Crippen MR) is 73.6 cm³/mol. The molecule has 1 fully saturated rings. The molecule has 1 heterocycles. The number of rotatable bonds is 3. The van der Waals surface area contributed by atoms with E-state index < -0.39 is 18.1 Å². The van der Waals surface area contributed by atoms with E-state index in [0.717, 1.165) is 5.56 Å². The minimum Gasteiger partial charge on any atom is -0.212 e. The molecule has 1 aliphatic heterocycles. The molecule has 5 heteroatoms. The molecule has 0 aromatic heterocycles. The predicted octanol–water partition coefficient (Wildman–Crippen LogP) is 1.38. The van der Waals surface area contributed by atoms with Gasteiger partial charge in [0.15, 0.2) is 0 Å². The highest BCUT2D eigenvalue weighted by atomic mass is 32.2. The summed E-state index contributed by atoms with van der Waals surface area (Å²) in [5.41, 5.74) is 1.08. The van der Waals surface area contributed by atoms with Crippen LogP contribution in [0.1, 0.15) is 5.56 Å². The second kappa shape index (κ2) is 4.22. The van der Waals surface area contributed by atoms with Gasteiger partial charge in [-0.1, -0.05) is 49.1 Å². The Kier molecular flexibility index (Phi) is 3.18. The van der Waals surface area contributed by atoms with E-state index in [1.807, 2.05) is 0 Å². The van der Waals surface area contributed by atoms with Gasteiger partial charge in [0.05, 0.1) is 13.8 Å². The van der Waals surface area contributed by atoms with Crippen LogP contribution in [-0.4, -0.2) is 33.1 Å². The lowest BCUT2D eigenvalue weighted by Gasteiger charge is -2.30. The maximum absolute atomic E-state index is 11.4. The molecule has 94 valence electrons. The van der Waals surface area contributed by atoms with Crippen molar-refractivity contribution in [3.8, 4) is 0 Å². The van der Waals surface area contributed by atoms with Crippen LogP contribution >= 0.6 is 0 Å². The molecule has 0 aliphatic carbocycles. The van der Waals surface area contributed by atoms with Crippen molar-refractivity contribution in [1.29, 1.82) is 0 Å². The van der Waals surface area contributed by atoms with Crippen LogP contribution in [0.3, 0.4) is 0 Å². The first kappa shape index (κ1) is 12.8. The molecule has 0 amide bonds. The Morgan fingerprint density at radius 2 is 1.76 bits per heavy atom. The zero-order valence-electron chi connectivity index (χ0n) is 10.6. The average molecular weight is 269 g/mol. The molecule has 0 N–H and O–H groups in total. The molecule has 1 aliphatic rings. The van der Waals surface area contributed by atoms with Gasteiger partial charge >= 0.3 is 0 Å². The first-order chi connectivity index (χ1) is 7.79. The van der Waals surface area contributed by atoms with Crippen molar-refractivity contribution < 1.29 is 8.42 Å². The highest BCUT2D eigenvalue weighted by Crippen LogP contribution is 2.17. The summed E-state index contributed by atoms with van der Waals surface area (Å²) in [6, 6.07) is 8.41. The number of sulfonamides is 1. The van der Waals surface area contributed by atoms with Crippen molar-refractivity contribution in [2.45, 2.75) is 26.2 Å². The highest BCUT2D eigenvalue weighted by Gasteiger charge is 2.32. The number of nitrogens with zero attached hydrogens (tertiary/aromatic N) is 1. The van der Waals surface area contributed by atoms with Gasteiger partial charge in [-0.2, -0.15) is 4.31 Å². The van der Waals surface area contributed by atoms with Gasteiger partial charge in [-0.05, 0) is 5.56 Å². The van der Waals surface area contributed by atoms with Gasteiger partial charge in [0.25, 0.3) is 0 Å². The van der Waals surface area contributed by atoms with Gasteiger partial charge in [-0.3, -0.25) is 0 Å². The van der Waals surface area contributed by atoms with Crippen LogP contribution in [0.15, 0.2) is 24.3 Å². The Balaban J connectivity index is 2.09. The third kappa shape index (κ3) is 2.78. The molecule has 2 rings (SSSR count). The SMILES string of the molecule is C[Si](C)(C)c1ccc(CN2CCS2(=O)=O)cc1. The summed E-state index contributed by atoms with van der Waals surface area (Å²) in [6.07, 6.45) is 0. The molecular formula is C12H19NO2SSi. The summed E-state index contributed by atoms with van der Waals surface area (Å²) in [7, 11) is -4.17. The first-order valence-electron chi connectivity index (χ1n) is 5.86. The lowest BCUT2D eigenvalue weighted by Crippen LogP contribution is -2.46. The molecule has 0 saturated carbocycles. The quantitative estimate of drug-likeness (QED) is 0.777. The van der Waals surface area contributed by atoms with Crippen molar-refractivity contribution >= 4 is 23.3 Å². The standard InChI is InChI=1S/C12H19NO2SSi/c1-17(2,3)12-6-4-11(5-7-12)10-13-8-9-16(13,14)15/h4-7H,8-10H2,1-3H3. The Bertz CT molecular complexity index is 502. The van der Waals surface area contributed by atoms with E-state index in [1.54, 1.807) is 0 Å². The third-order valence-electron chi connectivity index (χ3n) is 3.17. The molecule has 0 radical (unpaired) electrons. The lowest BCUT2D eigenvalue weighted by molar-refractivity contribution is 0.379. The molecular weight excluding hydrogens is 250 g/mol. The summed E-state index contributed by atoms with van der Waals surface area (Å²) in [6.45, 7) is 8.11. The maximum atomic E-state index is 11.4. The summed E-state index contributed by atoms with van der Waals surface area (Å²) in [5, 5.41) is 1.41. The Morgan fingerprint density at radius 3 is 2.12 bits per heavy atom. The molecule has 0 spiro atoms. The van der Waals surface area contributed by atoms with E-state index in [-0.39, 0.29) is 0 Å². The topological polar surface area (TPSA) is 37.4 Å². The van der Waals surface area contributed by atoms with Crippen LogP contribution in [0.5, 0.6) is 0 Å². The monoisotopic (exact) mass is 269 g/mol. The molecule has 3 nitrogen and oxygen atoms in total. The summed E-state index contributed by atoms with van der Waals surface area (Å²) in [5.74, 6) is 0.306. The molecule has 1 saturated heterocycles. The van der Waals surface area contributed by atoms with Crippen molar-refractivity contribution in [3.05, 3.63) is 29.8 Å². The van der Waals surface area contributed by atoms with Crippen molar-refractivity contribution in [1.82, 2.24) is 4.31 Å². The van der Waals surface area contributed by atoms with Crippen molar-refractivity contribution in [3.63, 3.8) is 0 Å². The fourth-order valence-electron chi connectivity index (χ4n) is 1.86. The zero-order valence-corrected chi connectivity index (χ0v) is 12.4. The second-order valence-corrected chi connectivity index (χ2v) is 12.8. The van der Waals surface area contributed by atoms with Gasteiger partial charge in [-0.15, -0.1) is 0 Å². The van der Waals surface area contributed by atoms with Crippen LogP contribution in [0.25, 0.3) is 0 Å². The van der Waals surface area contributed by atoms with Crippen LogP contribution < -0.4 is 5.19 Å². The highest BCUT2D eigenvalue weighted by molar-refractivity contribution is 7.90. The van der Waals surface area contributed by atoms with E-state index >= 15 is 0 Å². The Morgan fingerprint density at radius 1 is 1.18 bits per heavy atom. The first-order valence-corrected chi connectivity index (χ1v) is 11.0. The lowest BCUT2D eigenvalue weighted by atomic mass is 10.2. The molecule has 1 aromatic rings. The maximum Gasteiger partial charge on any atom is 0.215 e.